The van der Waals surface area contributed by atoms with Crippen molar-refractivity contribution in [2.75, 3.05) is 11.9 Å². The fourth-order valence-corrected chi connectivity index (χ4v) is 2.74. The normalized spacial score (nSPS) is 13.8. The number of halogens is 3. The summed E-state index contributed by atoms with van der Waals surface area (Å²) in [4.78, 5) is 39.0. The third kappa shape index (κ3) is 4.55. The number of alkyl halides is 3. The summed E-state index contributed by atoms with van der Waals surface area (Å²) in [7, 11) is 0. The number of aromatic nitrogens is 1. The summed E-state index contributed by atoms with van der Waals surface area (Å²) in [6.07, 6.45) is -2.87. The number of Topliss-reactive ketones (excluding diaryl/α,β-unsaturated/α-hetero) is 1. The van der Waals surface area contributed by atoms with Crippen molar-refractivity contribution in [3.05, 3.63) is 57.5 Å². The van der Waals surface area contributed by atoms with E-state index in [1.54, 1.807) is 0 Å². The predicted octanol–water partition coefficient (Wildman–Crippen LogP) is 3.09. The average molecular weight is 380 g/mol. The van der Waals surface area contributed by atoms with Gasteiger partial charge in [0, 0.05) is 23.4 Å². The largest absolute Gasteiger partial charge is 0.484 e. The molecule has 1 aliphatic carbocycles. The Kier molecular flexibility index (Phi) is 5.02. The maximum atomic E-state index is 12.3. The van der Waals surface area contributed by atoms with Gasteiger partial charge in [-0.25, -0.2) is 0 Å². The standard InChI is InChI=1S/C18H15F3N2O4/c19-18(20,21)9-27-11-6-4-10(5-7-11)22-16(25)13-8-12-14(23-17(13)26)2-1-3-15(12)24/h4-8H,1-3,9H2,(H,22,25)(H,23,26). The number of rotatable bonds is 4. The van der Waals surface area contributed by atoms with Gasteiger partial charge in [0.05, 0.1) is 0 Å². The summed E-state index contributed by atoms with van der Waals surface area (Å²) in [5.74, 6) is -0.864. The molecule has 0 bridgehead atoms. The van der Waals surface area contributed by atoms with E-state index in [4.69, 9.17) is 0 Å². The third-order valence-corrected chi connectivity index (χ3v) is 4.01. The number of aromatic amines is 1. The second kappa shape index (κ2) is 7.26. The van der Waals surface area contributed by atoms with E-state index in [1.165, 1.54) is 30.3 Å². The second-order valence-electron chi connectivity index (χ2n) is 6.06. The van der Waals surface area contributed by atoms with E-state index >= 15 is 0 Å². The number of hydrogen-bond donors (Lipinski definition) is 2. The molecule has 6 nitrogen and oxygen atoms in total. The SMILES string of the molecule is O=C1CCCc2[nH]c(=O)c(C(=O)Nc3ccc(OCC(F)(F)F)cc3)cc21. The van der Waals surface area contributed by atoms with E-state index in [9.17, 15) is 27.6 Å². The first-order chi connectivity index (χ1) is 12.7. The minimum Gasteiger partial charge on any atom is -0.484 e. The number of hydrogen-bond acceptors (Lipinski definition) is 4. The highest BCUT2D eigenvalue weighted by Gasteiger charge is 2.28. The second-order valence-corrected chi connectivity index (χ2v) is 6.06. The summed E-state index contributed by atoms with van der Waals surface area (Å²) in [6.45, 7) is -1.42. The van der Waals surface area contributed by atoms with Gasteiger partial charge in [-0.1, -0.05) is 0 Å². The number of carbonyl (C=O) groups is 2. The van der Waals surface area contributed by atoms with Crippen LogP contribution in [0.1, 0.15) is 39.3 Å². The van der Waals surface area contributed by atoms with Gasteiger partial charge in [-0.2, -0.15) is 13.2 Å². The van der Waals surface area contributed by atoms with Gasteiger partial charge >= 0.3 is 6.18 Å². The number of carbonyl (C=O) groups excluding carboxylic acids is 2. The Bertz CT molecular complexity index is 933. The van der Waals surface area contributed by atoms with Crippen molar-refractivity contribution in [1.29, 1.82) is 0 Å². The Morgan fingerprint density at radius 3 is 2.52 bits per heavy atom. The van der Waals surface area contributed by atoms with Crippen molar-refractivity contribution in [3.8, 4) is 5.75 Å². The number of benzene rings is 1. The molecule has 1 heterocycles. The lowest BCUT2D eigenvalue weighted by Crippen LogP contribution is -2.27. The quantitative estimate of drug-likeness (QED) is 0.853. The van der Waals surface area contributed by atoms with Crippen LogP contribution in [0.15, 0.2) is 35.1 Å². The molecule has 1 aliphatic rings. The van der Waals surface area contributed by atoms with Gasteiger partial charge in [-0.3, -0.25) is 14.4 Å². The zero-order chi connectivity index (χ0) is 19.6. The maximum absolute atomic E-state index is 12.3. The molecule has 142 valence electrons. The molecule has 0 saturated carbocycles. The number of ketones is 1. The molecule has 3 rings (SSSR count). The van der Waals surface area contributed by atoms with Crippen molar-refractivity contribution in [1.82, 2.24) is 4.98 Å². The highest BCUT2D eigenvalue weighted by Crippen LogP contribution is 2.21. The molecule has 1 aromatic carbocycles. The zero-order valence-electron chi connectivity index (χ0n) is 14.0. The molecule has 1 aromatic heterocycles. The maximum Gasteiger partial charge on any atom is 0.422 e. The van der Waals surface area contributed by atoms with E-state index in [2.05, 4.69) is 15.0 Å². The lowest BCUT2D eigenvalue weighted by Gasteiger charge is -2.15. The highest BCUT2D eigenvalue weighted by atomic mass is 19.4. The molecule has 0 fully saturated rings. The van der Waals surface area contributed by atoms with Gasteiger partial charge in [-0.15, -0.1) is 0 Å². The van der Waals surface area contributed by atoms with Gasteiger partial charge in [0.2, 0.25) is 0 Å². The summed E-state index contributed by atoms with van der Waals surface area (Å²) in [5.41, 5.74) is 0.316. The van der Waals surface area contributed by atoms with Crippen molar-refractivity contribution in [2.24, 2.45) is 0 Å². The summed E-state index contributed by atoms with van der Waals surface area (Å²) in [6, 6.07) is 6.51. The molecular weight excluding hydrogens is 365 g/mol. The number of nitrogens with one attached hydrogen (secondary N) is 2. The lowest BCUT2D eigenvalue weighted by molar-refractivity contribution is -0.153. The molecule has 1 amide bonds. The van der Waals surface area contributed by atoms with Gasteiger partial charge in [0.25, 0.3) is 11.5 Å². The first-order valence-corrected chi connectivity index (χ1v) is 8.13. The fourth-order valence-electron chi connectivity index (χ4n) is 2.74. The summed E-state index contributed by atoms with van der Waals surface area (Å²) >= 11 is 0. The Morgan fingerprint density at radius 2 is 1.85 bits per heavy atom. The number of ether oxygens (including phenoxy) is 1. The van der Waals surface area contributed by atoms with Gasteiger partial charge in [0.1, 0.15) is 11.3 Å². The number of amides is 1. The van der Waals surface area contributed by atoms with Gasteiger partial charge in [0.15, 0.2) is 12.4 Å². The highest BCUT2D eigenvalue weighted by molar-refractivity contribution is 6.06. The van der Waals surface area contributed by atoms with Crippen LogP contribution in [0.4, 0.5) is 18.9 Å². The van der Waals surface area contributed by atoms with Crippen LogP contribution in [-0.2, 0) is 6.42 Å². The number of H-pyrrole nitrogens is 1. The number of fused-ring (bicyclic) bond motifs is 1. The minimum atomic E-state index is -4.45. The molecule has 0 saturated heterocycles. The minimum absolute atomic E-state index is 0.0115. The first kappa shape index (κ1) is 18.7. The van der Waals surface area contributed by atoms with E-state index in [1.807, 2.05) is 0 Å². The van der Waals surface area contributed by atoms with Crippen LogP contribution in [-0.4, -0.2) is 29.5 Å². The predicted molar refractivity (Wildman–Crippen MR) is 90.3 cm³/mol. The van der Waals surface area contributed by atoms with Gasteiger partial charge < -0.3 is 15.0 Å². The molecule has 0 atom stereocenters. The average Bonchev–Trinajstić information content (AvgIpc) is 2.60. The Hall–Kier alpha value is -3.10. The lowest BCUT2D eigenvalue weighted by atomic mass is 9.93. The van der Waals surface area contributed by atoms with E-state index in [0.29, 0.717) is 30.5 Å². The van der Waals surface area contributed by atoms with Crippen molar-refractivity contribution in [3.63, 3.8) is 0 Å². The van der Waals surface area contributed by atoms with Crippen LogP contribution in [0.25, 0.3) is 0 Å². The van der Waals surface area contributed by atoms with E-state index < -0.39 is 24.2 Å². The van der Waals surface area contributed by atoms with E-state index in [0.717, 1.165) is 0 Å². The molecule has 9 heteroatoms. The van der Waals surface area contributed by atoms with Crippen LogP contribution in [0.3, 0.4) is 0 Å². The Balaban J connectivity index is 1.73. The van der Waals surface area contributed by atoms with Crippen molar-refractivity contribution >= 4 is 17.4 Å². The third-order valence-electron chi connectivity index (χ3n) is 4.01. The molecule has 0 unspecified atom stereocenters. The van der Waals surface area contributed by atoms with Crippen molar-refractivity contribution < 1.29 is 27.5 Å². The summed E-state index contributed by atoms with van der Waals surface area (Å²) in [5, 5.41) is 2.47. The molecule has 0 aliphatic heterocycles. The smallest absolute Gasteiger partial charge is 0.422 e. The van der Waals surface area contributed by atoms with Crippen molar-refractivity contribution in [2.45, 2.75) is 25.4 Å². The first-order valence-electron chi connectivity index (χ1n) is 8.13. The molecule has 2 aromatic rings. The Morgan fingerprint density at radius 1 is 1.15 bits per heavy atom. The topological polar surface area (TPSA) is 88.3 Å². The zero-order valence-corrected chi connectivity index (χ0v) is 14.0. The summed E-state index contributed by atoms with van der Waals surface area (Å²) < 4.78 is 41.0. The Labute approximate surface area is 151 Å². The van der Waals surface area contributed by atoms with Crippen LogP contribution < -0.4 is 15.6 Å². The fraction of sp³-hybridized carbons (Fsp3) is 0.278. The number of anilines is 1. The van der Waals surface area contributed by atoms with Crippen LogP contribution in [0.5, 0.6) is 5.75 Å². The monoisotopic (exact) mass is 380 g/mol. The number of pyridine rings is 1. The number of aryl methyl sites for hydroxylation is 1. The van der Waals surface area contributed by atoms with Crippen LogP contribution in [0, 0.1) is 0 Å². The van der Waals surface area contributed by atoms with E-state index in [-0.39, 0.29) is 22.8 Å². The molecule has 2 N–H and O–H groups in total. The molecule has 0 radical (unpaired) electrons. The molecule has 27 heavy (non-hydrogen) atoms. The van der Waals surface area contributed by atoms with Gasteiger partial charge in [-0.05, 0) is 43.2 Å². The van der Waals surface area contributed by atoms with Crippen LogP contribution in [0.2, 0.25) is 0 Å². The van der Waals surface area contributed by atoms with Crippen LogP contribution >= 0.6 is 0 Å². The molecular formula is C18H15F3N2O4. The molecule has 0 spiro atoms.